The van der Waals surface area contributed by atoms with Crippen LogP contribution in [-0.4, -0.2) is 22.5 Å². The number of hydrogen-bond donors (Lipinski definition) is 1. The number of rotatable bonds is 2. The molecule has 5 nitrogen and oxygen atoms in total. The van der Waals surface area contributed by atoms with Crippen LogP contribution in [0.4, 0.5) is 0 Å². The molecule has 2 aromatic rings. The van der Waals surface area contributed by atoms with Gasteiger partial charge >= 0.3 is 0 Å². The van der Waals surface area contributed by atoms with Gasteiger partial charge in [-0.05, 0) is 12.1 Å². The molecule has 1 aromatic carbocycles. The molecular formula is C9H8N2O3S. The fourth-order valence-corrected chi connectivity index (χ4v) is 1.98. The molecule has 6 heteroatoms. The van der Waals surface area contributed by atoms with Crippen molar-refractivity contribution in [2.75, 3.05) is 0 Å². The molecule has 0 fully saturated rings. The highest BCUT2D eigenvalue weighted by atomic mass is 32.2. The lowest BCUT2D eigenvalue weighted by molar-refractivity contribution is 0.482. The molecule has 1 aromatic heterocycles. The fraction of sp³-hybridized carbons (Fsp3) is 0. The second-order valence-corrected chi connectivity index (χ2v) is 4.30. The first-order valence-electron chi connectivity index (χ1n) is 4.14. The minimum atomic E-state index is -4.21. The zero-order chi connectivity index (χ0) is 10.9. The van der Waals surface area contributed by atoms with Crippen LogP contribution in [0, 0.1) is 0 Å². The second kappa shape index (κ2) is 3.48. The third-order valence-electron chi connectivity index (χ3n) is 1.93. The fourth-order valence-electron chi connectivity index (χ4n) is 1.29. The quantitative estimate of drug-likeness (QED) is 0.776. The molecule has 78 valence electrons. The molecule has 0 saturated heterocycles. The predicted octanol–water partition coefficient (Wildman–Crippen LogP) is 1.12. The van der Waals surface area contributed by atoms with Gasteiger partial charge in [-0.3, -0.25) is 4.55 Å². The van der Waals surface area contributed by atoms with Crippen LogP contribution < -0.4 is 0 Å². The first-order chi connectivity index (χ1) is 7.09. The maximum Gasteiger partial charge on any atom is 0.296 e. The van der Waals surface area contributed by atoms with Crippen LogP contribution in [0.5, 0.6) is 0 Å². The van der Waals surface area contributed by atoms with Crippen molar-refractivity contribution < 1.29 is 13.0 Å². The van der Waals surface area contributed by atoms with Gasteiger partial charge in [0.05, 0.1) is 12.0 Å². The minimum absolute atomic E-state index is 0.136. The van der Waals surface area contributed by atoms with E-state index in [2.05, 4.69) is 4.98 Å². The molecule has 0 saturated carbocycles. The summed E-state index contributed by atoms with van der Waals surface area (Å²) in [6.45, 7) is 0. The van der Waals surface area contributed by atoms with E-state index in [-0.39, 0.29) is 4.90 Å². The second-order valence-electron chi connectivity index (χ2n) is 2.91. The summed E-state index contributed by atoms with van der Waals surface area (Å²) < 4.78 is 32.7. The molecular weight excluding hydrogens is 216 g/mol. The van der Waals surface area contributed by atoms with Gasteiger partial charge in [0.2, 0.25) is 0 Å². The molecule has 0 aliphatic rings. The number of imidazole rings is 1. The van der Waals surface area contributed by atoms with Crippen molar-refractivity contribution in [3.05, 3.63) is 43.0 Å². The van der Waals surface area contributed by atoms with Crippen molar-refractivity contribution in [1.29, 1.82) is 0 Å². The van der Waals surface area contributed by atoms with E-state index in [0.717, 1.165) is 0 Å². The van der Waals surface area contributed by atoms with Gasteiger partial charge in [0.1, 0.15) is 4.90 Å². The van der Waals surface area contributed by atoms with E-state index in [0.29, 0.717) is 5.69 Å². The van der Waals surface area contributed by atoms with Gasteiger partial charge in [0, 0.05) is 12.4 Å². The summed E-state index contributed by atoms with van der Waals surface area (Å²) in [4.78, 5) is 3.67. The Labute approximate surface area is 86.8 Å². The molecule has 1 N–H and O–H groups in total. The van der Waals surface area contributed by atoms with Gasteiger partial charge < -0.3 is 4.57 Å². The van der Waals surface area contributed by atoms with E-state index in [9.17, 15) is 8.42 Å². The van der Waals surface area contributed by atoms with Crippen molar-refractivity contribution in [3.8, 4) is 5.69 Å². The Hall–Kier alpha value is -1.66. The maximum absolute atomic E-state index is 11.1. The van der Waals surface area contributed by atoms with Crippen molar-refractivity contribution in [1.82, 2.24) is 9.55 Å². The van der Waals surface area contributed by atoms with Crippen LogP contribution in [0.25, 0.3) is 5.69 Å². The van der Waals surface area contributed by atoms with Crippen LogP contribution >= 0.6 is 0 Å². The predicted molar refractivity (Wildman–Crippen MR) is 53.4 cm³/mol. The Kier molecular flexibility index (Phi) is 2.29. The zero-order valence-electron chi connectivity index (χ0n) is 7.61. The van der Waals surface area contributed by atoms with Crippen molar-refractivity contribution in [2.24, 2.45) is 0 Å². The van der Waals surface area contributed by atoms with Gasteiger partial charge in [-0.15, -0.1) is 0 Å². The van der Waals surface area contributed by atoms with Crippen LogP contribution in [0.2, 0.25) is 0 Å². The molecule has 1 heterocycles. The number of hydrogen-bond acceptors (Lipinski definition) is 3. The SMILES string of the molecule is O=S(=O)(O)c1ccccc1-n1ccnc1. The minimum Gasteiger partial charge on any atom is -0.305 e. The maximum atomic E-state index is 11.1. The monoisotopic (exact) mass is 224 g/mol. The van der Waals surface area contributed by atoms with Crippen molar-refractivity contribution >= 4 is 10.1 Å². The first-order valence-corrected chi connectivity index (χ1v) is 5.58. The molecule has 2 rings (SSSR count). The van der Waals surface area contributed by atoms with E-state index in [1.54, 1.807) is 24.4 Å². The normalized spacial score (nSPS) is 11.5. The Morgan fingerprint density at radius 2 is 2.00 bits per heavy atom. The summed E-state index contributed by atoms with van der Waals surface area (Å²) in [6, 6.07) is 6.16. The number of benzene rings is 1. The van der Waals surface area contributed by atoms with E-state index in [1.807, 2.05) is 0 Å². The average molecular weight is 224 g/mol. The molecule has 0 radical (unpaired) electrons. The molecule has 0 unspecified atom stereocenters. The molecule has 0 atom stereocenters. The summed E-state index contributed by atoms with van der Waals surface area (Å²) in [7, 11) is -4.21. The van der Waals surface area contributed by atoms with Crippen molar-refractivity contribution in [3.63, 3.8) is 0 Å². The zero-order valence-corrected chi connectivity index (χ0v) is 8.42. The Morgan fingerprint density at radius 1 is 1.27 bits per heavy atom. The van der Waals surface area contributed by atoms with Crippen molar-refractivity contribution in [2.45, 2.75) is 4.90 Å². The number of aromatic nitrogens is 2. The Balaban J connectivity index is 2.68. The van der Waals surface area contributed by atoms with Gasteiger partial charge in [-0.1, -0.05) is 12.1 Å². The van der Waals surface area contributed by atoms with Gasteiger partial charge in [-0.2, -0.15) is 8.42 Å². The van der Waals surface area contributed by atoms with Crippen LogP contribution in [0.3, 0.4) is 0 Å². The van der Waals surface area contributed by atoms with Crippen LogP contribution in [0.15, 0.2) is 47.9 Å². The highest BCUT2D eigenvalue weighted by Crippen LogP contribution is 2.18. The lowest BCUT2D eigenvalue weighted by atomic mass is 10.3. The highest BCUT2D eigenvalue weighted by Gasteiger charge is 2.15. The summed E-state index contributed by atoms with van der Waals surface area (Å²) in [5.41, 5.74) is 0.373. The first kappa shape index (κ1) is 9.88. The van der Waals surface area contributed by atoms with Gasteiger partial charge in [-0.25, -0.2) is 4.98 Å². The molecule has 0 amide bonds. The molecule has 0 spiro atoms. The smallest absolute Gasteiger partial charge is 0.296 e. The summed E-state index contributed by atoms with van der Waals surface area (Å²) in [6.07, 6.45) is 4.59. The van der Waals surface area contributed by atoms with Gasteiger partial charge in [0.15, 0.2) is 0 Å². The topological polar surface area (TPSA) is 72.2 Å². The molecule has 0 aliphatic heterocycles. The third-order valence-corrected chi connectivity index (χ3v) is 2.83. The number of para-hydroxylation sites is 1. The van der Waals surface area contributed by atoms with E-state index >= 15 is 0 Å². The summed E-state index contributed by atoms with van der Waals surface area (Å²) in [5.74, 6) is 0. The number of nitrogens with zero attached hydrogens (tertiary/aromatic N) is 2. The molecule has 15 heavy (non-hydrogen) atoms. The van der Waals surface area contributed by atoms with Crippen LogP contribution in [-0.2, 0) is 10.1 Å². The third kappa shape index (κ3) is 1.90. The van der Waals surface area contributed by atoms with Crippen LogP contribution in [0.1, 0.15) is 0 Å². The summed E-state index contributed by atoms with van der Waals surface area (Å²) >= 11 is 0. The largest absolute Gasteiger partial charge is 0.305 e. The summed E-state index contributed by atoms with van der Waals surface area (Å²) in [5, 5.41) is 0. The Bertz CT molecular complexity index is 561. The standard InChI is InChI=1S/C9H8N2O3S/c12-15(13,14)9-4-2-1-3-8(9)11-6-5-10-7-11/h1-7H,(H,12,13,14). The van der Waals surface area contributed by atoms with E-state index in [1.165, 1.54) is 23.2 Å². The average Bonchev–Trinajstić information content (AvgIpc) is 2.69. The molecule has 0 bridgehead atoms. The molecule has 0 aliphatic carbocycles. The van der Waals surface area contributed by atoms with Gasteiger partial charge in [0.25, 0.3) is 10.1 Å². The van der Waals surface area contributed by atoms with E-state index < -0.39 is 10.1 Å². The Morgan fingerprint density at radius 3 is 2.60 bits per heavy atom. The lowest BCUT2D eigenvalue weighted by Gasteiger charge is -2.06. The lowest BCUT2D eigenvalue weighted by Crippen LogP contribution is -2.04. The van der Waals surface area contributed by atoms with E-state index in [4.69, 9.17) is 4.55 Å². The highest BCUT2D eigenvalue weighted by molar-refractivity contribution is 7.86.